The lowest BCUT2D eigenvalue weighted by atomic mass is 10.3. The molecule has 0 radical (unpaired) electrons. The molecule has 1 amide bonds. The summed E-state index contributed by atoms with van der Waals surface area (Å²) >= 11 is 0. The molecule has 9 heteroatoms. The fourth-order valence-corrected chi connectivity index (χ4v) is 2.85. The Bertz CT molecular complexity index is 775. The van der Waals surface area contributed by atoms with Crippen LogP contribution < -0.4 is 15.0 Å². The first-order valence-electron chi connectivity index (χ1n) is 9.45. The summed E-state index contributed by atoms with van der Waals surface area (Å²) in [6, 6.07) is 7.61. The lowest BCUT2D eigenvalue weighted by molar-refractivity contribution is 0.105. The summed E-state index contributed by atoms with van der Waals surface area (Å²) < 4.78 is 10.7. The Balaban J connectivity index is 1.59. The van der Waals surface area contributed by atoms with Crippen LogP contribution in [0.1, 0.15) is 20.8 Å². The third-order valence-corrected chi connectivity index (χ3v) is 4.16. The molecule has 150 valence electrons. The monoisotopic (exact) mass is 386 g/mol. The highest BCUT2D eigenvalue weighted by molar-refractivity contribution is 5.68. The highest BCUT2D eigenvalue weighted by Gasteiger charge is 2.23. The van der Waals surface area contributed by atoms with Crippen molar-refractivity contribution in [1.29, 1.82) is 0 Å². The second kappa shape index (κ2) is 9.20. The van der Waals surface area contributed by atoms with Gasteiger partial charge >= 0.3 is 6.09 Å². The molecule has 0 unspecified atom stereocenters. The van der Waals surface area contributed by atoms with Gasteiger partial charge in [-0.2, -0.15) is 10.1 Å². The topological polar surface area (TPSA) is 92.7 Å². The van der Waals surface area contributed by atoms with E-state index in [-0.39, 0.29) is 12.2 Å². The Morgan fingerprint density at radius 1 is 1.18 bits per heavy atom. The number of hydrogen-bond donors (Lipinski definition) is 1. The summed E-state index contributed by atoms with van der Waals surface area (Å²) in [6.45, 7) is 8.67. The van der Waals surface area contributed by atoms with Crippen molar-refractivity contribution in [2.24, 2.45) is 0 Å². The average Bonchev–Trinajstić information content (AvgIpc) is 2.70. The van der Waals surface area contributed by atoms with E-state index in [1.165, 1.54) is 0 Å². The minimum absolute atomic E-state index is 0.132. The standard InChI is InChI=1S/C19H26N6O3/c1-4-27-19(26)25-11-9-24(10-12-25)17-13-20-23-18(22-17)21-15-5-7-16(8-6-15)28-14(2)3/h5-8,13-14H,4,9-12H2,1-3H3,(H,21,22,23). The number of benzene rings is 1. The minimum Gasteiger partial charge on any atom is -0.491 e. The van der Waals surface area contributed by atoms with Crippen LogP contribution in [-0.2, 0) is 4.74 Å². The molecule has 1 aliphatic rings. The van der Waals surface area contributed by atoms with Crippen molar-refractivity contribution in [3.63, 3.8) is 0 Å². The smallest absolute Gasteiger partial charge is 0.409 e. The lowest BCUT2D eigenvalue weighted by Crippen LogP contribution is -2.49. The van der Waals surface area contributed by atoms with Gasteiger partial charge in [0.15, 0.2) is 5.82 Å². The van der Waals surface area contributed by atoms with Crippen molar-refractivity contribution >= 4 is 23.5 Å². The van der Waals surface area contributed by atoms with Crippen LogP contribution in [0.25, 0.3) is 0 Å². The van der Waals surface area contributed by atoms with Crippen molar-refractivity contribution in [2.45, 2.75) is 26.9 Å². The van der Waals surface area contributed by atoms with Crippen LogP contribution in [0, 0.1) is 0 Å². The molecule has 2 aromatic rings. The Morgan fingerprint density at radius 2 is 1.89 bits per heavy atom. The zero-order valence-corrected chi connectivity index (χ0v) is 16.5. The number of hydrogen-bond acceptors (Lipinski definition) is 8. The summed E-state index contributed by atoms with van der Waals surface area (Å²) in [5.41, 5.74) is 0.849. The number of amides is 1. The molecule has 0 saturated carbocycles. The van der Waals surface area contributed by atoms with Gasteiger partial charge in [-0.15, -0.1) is 5.10 Å². The summed E-state index contributed by atoms with van der Waals surface area (Å²) in [4.78, 5) is 20.1. The molecule has 0 spiro atoms. The van der Waals surface area contributed by atoms with Crippen LogP contribution in [0.3, 0.4) is 0 Å². The minimum atomic E-state index is -0.268. The van der Waals surface area contributed by atoms with Gasteiger partial charge in [-0.05, 0) is 45.0 Å². The van der Waals surface area contributed by atoms with E-state index < -0.39 is 0 Å². The predicted molar refractivity (Wildman–Crippen MR) is 106 cm³/mol. The molecule has 0 atom stereocenters. The number of anilines is 3. The number of piperazine rings is 1. The van der Waals surface area contributed by atoms with Gasteiger partial charge in [-0.3, -0.25) is 0 Å². The molecule has 0 bridgehead atoms. The lowest BCUT2D eigenvalue weighted by Gasteiger charge is -2.34. The fourth-order valence-electron chi connectivity index (χ4n) is 2.85. The molecule has 1 fully saturated rings. The molecule has 0 aliphatic carbocycles. The third-order valence-electron chi connectivity index (χ3n) is 4.16. The molecule has 1 aromatic heterocycles. The summed E-state index contributed by atoms with van der Waals surface area (Å²) in [7, 11) is 0. The summed E-state index contributed by atoms with van der Waals surface area (Å²) in [5, 5.41) is 11.3. The van der Waals surface area contributed by atoms with Gasteiger partial charge in [0, 0.05) is 31.9 Å². The second-order valence-corrected chi connectivity index (χ2v) is 6.63. The van der Waals surface area contributed by atoms with Crippen LogP contribution >= 0.6 is 0 Å². The Morgan fingerprint density at radius 3 is 2.54 bits per heavy atom. The van der Waals surface area contributed by atoms with Crippen LogP contribution in [0.5, 0.6) is 5.75 Å². The van der Waals surface area contributed by atoms with Crippen molar-refractivity contribution in [2.75, 3.05) is 43.0 Å². The number of nitrogens with zero attached hydrogens (tertiary/aromatic N) is 5. The SMILES string of the molecule is CCOC(=O)N1CCN(c2cnnc(Nc3ccc(OC(C)C)cc3)n2)CC1. The maximum Gasteiger partial charge on any atom is 0.409 e. The number of ether oxygens (including phenoxy) is 2. The molecule has 1 aliphatic heterocycles. The number of rotatable bonds is 6. The zero-order valence-electron chi connectivity index (χ0n) is 16.5. The maximum absolute atomic E-state index is 11.8. The van der Waals surface area contributed by atoms with Crippen LogP contribution in [-0.4, -0.2) is 65.1 Å². The molecule has 9 nitrogen and oxygen atoms in total. The number of carbonyl (C=O) groups is 1. The summed E-state index contributed by atoms with van der Waals surface area (Å²) in [6.07, 6.45) is 1.49. The first-order chi connectivity index (χ1) is 13.5. The van der Waals surface area contributed by atoms with E-state index >= 15 is 0 Å². The van der Waals surface area contributed by atoms with Crippen molar-refractivity contribution in [3.05, 3.63) is 30.5 Å². The zero-order chi connectivity index (χ0) is 19.9. The van der Waals surface area contributed by atoms with Gasteiger partial charge in [0.25, 0.3) is 0 Å². The van der Waals surface area contributed by atoms with E-state index in [9.17, 15) is 4.79 Å². The average molecular weight is 386 g/mol. The number of carbonyl (C=O) groups excluding carboxylic acids is 1. The van der Waals surface area contributed by atoms with E-state index in [0.29, 0.717) is 38.7 Å². The van der Waals surface area contributed by atoms with Crippen LogP contribution in [0.4, 0.5) is 22.2 Å². The number of aromatic nitrogens is 3. The molecule has 1 saturated heterocycles. The van der Waals surface area contributed by atoms with Gasteiger partial charge in [0.2, 0.25) is 5.95 Å². The molecular weight excluding hydrogens is 360 g/mol. The van der Waals surface area contributed by atoms with E-state index in [2.05, 4.69) is 25.4 Å². The van der Waals surface area contributed by atoms with Gasteiger partial charge in [0.1, 0.15) is 5.75 Å². The highest BCUT2D eigenvalue weighted by atomic mass is 16.6. The van der Waals surface area contributed by atoms with Crippen LogP contribution in [0.2, 0.25) is 0 Å². The maximum atomic E-state index is 11.8. The Kier molecular flexibility index (Phi) is 6.46. The summed E-state index contributed by atoms with van der Waals surface area (Å²) in [5.74, 6) is 1.96. The van der Waals surface area contributed by atoms with Crippen molar-refractivity contribution < 1.29 is 14.3 Å². The van der Waals surface area contributed by atoms with E-state index in [1.807, 2.05) is 38.1 Å². The van der Waals surface area contributed by atoms with Crippen molar-refractivity contribution in [1.82, 2.24) is 20.1 Å². The predicted octanol–water partition coefficient (Wildman–Crippen LogP) is 2.68. The number of nitrogens with one attached hydrogen (secondary N) is 1. The molecule has 3 rings (SSSR count). The Hall–Kier alpha value is -3.10. The molecular formula is C19H26N6O3. The van der Waals surface area contributed by atoms with Crippen molar-refractivity contribution in [3.8, 4) is 5.75 Å². The van der Waals surface area contributed by atoms with Gasteiger partial charge in [-0.1, -0.05) is 0 Å². The normalized spacial score (nSPS) is 14.1. The van der Waals surface area contributed by atoms with Gasteiger partial charge in [0.05, 0.1) is 18.9 Å². The molecule has 1 aromatic carbocycles. The third kappa shape index (κ3) is 5.21. The Labute approximate surface area is 164 Å². The van der Waals surface area contributed by atoms with Crippen LogP contribution in [0.15, 0.2) is 30.5 Å². The first kappa shape index (κ1) is 19.7. The quantitative estimate of drug-likeness (QED) is 0.810. The van der Waals surface area contributed by atoms with E-state index in [0.717, 1.165) is 17.3 Å². The second-order valence-electron chi connectivity index (χ2n) is 6.63. The van der Waals surface area contributed by atoms with Gasteiger partial charge < -0.3 is 24.6 Å². The molecule has 2 heterocycles. The first-order valence-corrected chi connectivity index (χ1v) is 9.45. The molecule has 28 heavy (non-hydrogen) atoms. The highest BCUT2D eigenvalue weighted by Crippen LogP contribution is 2.20. The van der Waals surface area contributed by atoms with Gasteiger partial charge in [-0.25, -0.2) is 4.79 Å². The fraction of sp³-hybridized carbons (Fsp3) is 0.474. The van der Waals surface area contributed by atoms with E-state index in [4.69, 9.17) is 9.47 Å². The molecule has 1 N–H and O–H groups in total. The van der Waals surface area contributed by atoms with E-state index in [1.54, 1.807) is 18.0 Å². The largest absolute Gasteiger partial charge is 0.491 e.